The lowest BCUT2D eigenvalue weighted by molar-refractivity contribution is 0.563. The van der Waals surface area contributed by atoms with E-state index in [0.29, 0.717) is 10.9 Å². The van der Waals surface area contributed by atoms with E-state index in [-0.39, 0.29) is 6.04 Å². The second-order valence-electron chi connectivity index (χ2n) is 4.77. The van der Waals surface area contributed by atoms with Crippen LogP contribution in [0.2, 0.25) is 5.02 Å². The first kappa shape index (κ1) is 14.8. The molecular weight excluding hydrogens is 325 g/mol. The second-order valence-corrected chi connectivity index (χ2v) is 6.57. The summed E-state index contributed by atoms with van der Waals surface area (Å²) in [6.45, 7) is 2.18. The summed E-state index contributed by atoms with van der Waals surface area (Å²) in [5.74, 6) is 1.51. The lowest BCUT2D eigenvalue weighted by atomic mass is 10.1. The number of aromatic nitrogens is 3. The third-order valence-electron chi connectivity index (χ3n) is 3.46. The number of nitrogens with zero attached hydrogens (tertiary/aromatic N) is 3. The molecule has 0 bridgehead atoms. The van der Waals surface area contributed by atoms with E-state index in [1.807, 2.05) is 6.07 Å². The van der Waals surface area contributed by atoms with E-state index >= 15 is 0 Å². The third kappa shape index (κ3) is 2.80. The highest BCUT2D eigenvalue weighted by molar-refractivity contribution is 7.10. The average Bonchev–Trinajstić information content (AvgIpc) is 3.09. The zero-order valence-corrected chi connectivity index (χ0v) is 13.9. The van der Waals surface area contributed by atoms with Gasteiger partial charge in [0.05, 0.1) is 11.1 Å². The SMILES string of the molecule is CCC(c1cccs1)n1c(CCCl)nc2cc(Cl)cnc21. The van der Waals surface area contributed by atoms with Crippen LogP contribution in [-0.2, 0) is 6.42 Å². The molecule has 0 N–H and O–H groups in total. The minimum Gasteiger partial charge on any atom is -0.304 e. The maximum Gasteiger partial charge on any atom is 0.160 e. The lowest BCUT2D eigenvalue weighted by Crippen LogP contribution is -2.13. The van der Waals surface area contributed by atoms with Crippen molar-refractivity contribution in [1.82, 2.24) is 14.5 Å². The van der Waals surface area contributed by atoms with Crippen molar-refractivity contribution in [1.29, 1.82) is 0 Å². The van der Waals surface area contributed by atoms with Crippen molar-refractivity contribution in [3.8, 4) is 0 Å². The van der Waals surface area contributed by atoms with Crippen LogP contribution in [0.15, 0.2) is 29.8 Å². The topological polar surface area (TPSA) is 30.7 Å². The van der Waals surface area contributed by atoms with Gasteiger partial charge in [-0.15, -0.1) is 22.9 Å². The van der Waals surface area contributed by atoms with Gasteiger partial charge in [-0.05, 0) is 23.9 Å². The molecule has 0 aliphatic rings. The third-order valence-corrected chi connectivity index (χ3v) is 4.83. The number of pyridine rings is 1. The Labute approximate surface area is 137 Å². The number of aryl methyl sites for hydroxylation is 1. The molecule has 0 saturated heterocycles. The molecule has 3 aromatic heterocycles. The van der Waals surface area contributed by atoms with Gasteiger partial charge in [-0.25, -0.2) is 9.97 Å². The van der Waals surface area contributed by atoms with Crippen LogP contribution >= 0.6 is 34.5 Å². The Hall–Kier alpha value is -1.10. The molecule has 21 heavy (non-hydrogen) atoms. The highest BCUT2D eigenvalue weighted by Crippen LogP contribution is 2.31. The highest BCUT2D eigenvalue weighted by atomic mass is 35.5. The van der Waals surface area contributed by atoms with Crippen LogP contribution in [0.1, 0.15) is 30.1 Å². The van der Waals surface area contributed by atoms with Gasteiger partial charge >= 0.3 is 0 Å². The second kappa shape index (κ2) is 6.34. The first-order valence-corrected chi connectivity index (χ1v) is 8.65. The Morgan fingerprint density at radius 2 is 2.29 bits per heavy atom. The van der Waals surface area contributed by atoms with Crippen molar-refractivity contribution in [2.75, 3.05) is 5.88 Å². The van der Waals surface area contributed by atoms with Crippen LogP contribution in [0.25, 0.3) is 11.2 Å². The smallest absolute Gasteiger partial charge is 0.160 e. The Bertz CT molecular complexity index is 737. The minimum absolute atomic E-state index is 0.238. The summed E-state index contributed by atoms with van der Waals surface area (Å²) in [4.78, 5) is 10.5. The van der Waals surface area contributed by atoms with Gasteiger partial charge < -0.3 is 4.57 Å². The maximum absolute atomic E-state index is 6.03. The normalized spacial score (nSPS) is 12.9. The van der Waals surface area contributed by atoms with Gasteiger partial charge in [0, 0.05) is 23.4 Å². The standard InChI is InChI=1S/C15H15Cl2N3S/c1-2-12(13-4-3-7-21-13)20-14(5-6-16)19-11-8-10(17)9-18-15(11)20/h3-4,7-9,12H,2,5-6H2,1H3. The zero-order valence-electron chi connectivity index (χ0n) is 11.6. The Morgan fingerprint density at radius 1 is 1.43 bits per heavy atom. The van der Waals surface area contributed by atoms with Crippen LogP contribution in [0.5, 0.6) is 0 Å². The van der Waals surface area contributed by atoms with E-state index in [4.69, 9.17) is 23.2 Å². The molecule has 3 heterocycles. The quantitative estimate of drug-likeness (QED) is 0.617. The monoisotopic (exact) mass is 339 g/mol. The number of imidazole rings is 1. The summed E-state index contributed by atoms with van der Waals surface area (Å²) in [5, 5.41) is 2.71. The zero-order chi connectivity index (χ0) is 14.8. The van der Waals surface area contributed by atoms with Gasteiger partial charge in [-0.2, -0.15) is 0 Å². The van der Waals surface area contributed by atoms with Gasteiger partial charge in [-0.3, -0.25) is 0 Å². The Kier molecular flexibility index (Phi) is 4.48. The summed E-state index contributed by atoms with van der Waals surface area (Å²) in [6, 6.07) is 6.33. The maximum atomic E-state index is 6.03. The molecule has 0 amide bonds. The van der Waals surface area contributed by atoms with E-state index < -0.39 is 0 Å². The largest absolute Gasteiger partial charge is 0.304 e. The number of hydrogen-bond donors (Lipinski definition) is 0. The summed E-state index contributed by atoms with van der Waals surface area (Å²) >= 11 is 13.7. The van der Waals surface area contributed by atoms with Crippen LogP contribution < -0.4 is 0 Å². The molecule has 3 nitrogen and oxygen atoms in total. The fourth-order valence-electron chi connectivity index (χ4n) is 2.58. The fraction of sp³-hybridized carbons (Fsp3) is 0.333. The summed E-state index contributed by atoms with van der Waals surface area (Å²) in [6.07, 6.45) is 3.37. The predicted octanol–water partition coefficient (Wildman–Crippen LogP) is 4.93. The first-order valence-electron chi connectivity index (χ1n) is 6.86. The van der Waals surface area contributed by atoms with Gasteiger partial charge in [0.1, 0.15) is 11.3 Å². The first-order chi connectivity index (χ1) is 10.2. The summed E-state index contributed by atoms with van der Waals surface area (Å²) < 4.78 is 2.21. The Morgan fingerprint density at radius 3 is 2.95 bits per heavy atom. The molecule has 6 heteroatoms. The predicted molar refractivity (Wildman–Crippen MR) is 89.7 cm³/mol. The average molecular weight is 340 g/mol. The van der Waals surface area contributed by atoms with Crippen molar-refractivity contribution >= 4 is 45.7 Å². The molecule has 3 rings (SSSR count). The number of alkyl halides is 1. The van der Waals surface area contributed by atoms with Crippen molar-refractivity contribution in [2.24, 2.45) is 0 Å². The molecule has 3 aromatic rings. The van der Waals surface area contributed by atoms with Gasteiger partial charge in [0.25, 0.3) is 0 Å². The highest BCUT2D eigenvalue weighted by Gasteiger charge is 2.21. The van der Waals surface area contributed by atoms with Crippen molar-refractivity contribution in [2.45, 2.75) is 25.8 Å². The molecule has 0 spiro atoms. The van der Waals surface area contributed by atoms with Crippen LogP contribution in [0.4, 0.5) is 0 Å². The van der Waals surface area contributed by atoms with Crippen LogP contribution in [0.3, 0.4) is 0 Å². The van der Waals surface area contributed by atoms with E-state index in [2.05, 4.69) is 39.0 Å². The number of fused-ring (bicyclic) bond motifs is 1. The lowest BCUT2D eigenvalue weighted by Gasteiger charge is -2.18. The summed E-state index contributed by atoms with van der Waals surface area (Å²) in [5.41, 5.74) is 1.71. The van der Waals surface area contributed by atoms with Gasteiger partial charge in [0.15, 0.2) is 5.65 Å². The van der Waals surface area contributed by atoms with Crippen LogP contribution in [-0.4, -0.2) is 20.4 Å². The molecular formula is C15H15Cl2N3S. The van der Waals surface area contributed by atoms with E-state index in [0.717, 1.165) is 29.8 Å². The van der Waals surface area contributed by atoms with E-state index in [1.165, 1.54) is 4.88 Å². The van der Waals surface area contributed by atoms with E-state index in [9.17, 15) is 0 Å². The minimum atomic E-state index is 0.238. The summed E-state index contributed by atoms with van der Waals surface area (Å²) in [7, 11) is 0. The molecule has 1 atom stereocenters. The van der Waals surface area contributed by atoms with E-state index in [1.54, 1.807) is 17.5 Å². The van der Waals surface area contributed by atoms with Gasteiger partial charge in [0.2, 0.25) is 0 Å². The van der Waals surface area contributed by atoms with Crippen LogP contribution in [0, 0.1) is 0 Å². The molecule has 0 aliphatic carbocycles. The molecule has 1 unspecified atom stereocenters. The number of thiophene rings is 1. The fourth-order valence-corrected chi connectivity index (χ4v) is 3.81. The molecule has 0 saturated carbocycles. The number of halogens is 2. The van der Waals surface area contributed by atoms with Gasteiger partial charge in [-0.1, -0.05) is 24.6 Å². The molecule has 0 aromatic carbocycles. The molecule has 0 radical (unpaired) electrons. The molecule has 0 fully saturated rings. The van der Waals surface area contributed by atoms with Crippen molar-refractivity contribution < 1.29 is 0 Å². The van der Waals surface area contributed by atoms with Crippen molar-refractivity contribution in [3.05, 3.63) is 45.5 Å². The molecule has 110 valence electrons. The van der Waals surface area contributed by atoms with Crippen molar-refractivity contribution in [3.63, 3.8) is 0 Å². The Balaban J connectivity index is 2.20. The number of rotatable bonds is 5. The number of hydrogen-bond acceptors (Lipinski definition) is 3. The molecule has 0 aliphatic heterocycles.